The average molecular weight is 529 g/mol. The Morgan fingerprint density at radius 2 is 1.73 bits per heavy atom. The summed E-state index contributed by atoms with van der Waals surface area (Å²) in [5, 5.41) is 2.06. The first-order valence-corrected chi connectivity index (χ1v) is 11.2. The van der Waals surface area contributed by atoms with Crippen LogP contribution in [-0.2, 0) is 6.18 Å². The SMILES string of the molecule is CNC(=O)c1cc(Oc2ccc(-c3c[nH]c(C(=O)N(C)c4ccc(Cl)c(C(F)(F)F)c4)c3)cc2)ccn1. The van der Waals surface area contributed by atoms with Gasteiger partial charge in [0.15, 0.2) is 0 Å². The predicted molar refractivity (Wildman–Crippen MR) is 133 cm³/mol. The Hall–Kier alpha value is -4.31. The van der Waals surface area contributed by atoms with Crippen LogP contribution >= 0.6 is 11.6 Å². The number of pyridine rings is 1. The Morgan fingerprint density at radius 1 is 1.00 bits per heavy atom. The van der Waals surface area contributed by atoms with Crippen molar-refractivity contribution in [2.24, 2.45) is 0 Å². The number of ether oxygens (including phenoxy) is 1. The van der Waals surface area contributed by atoms with Crippen LogP contribution in [0.15, 0.2) is 73.1 Å². The standard InChI is InChI=1S/C26H20ClF3N4O3/c1-31-24(35)22-13-19(9-10-32-22)37-18-6-3-15(4-7-18)16-11-23(33-14-16)25(36)34(2)17-5-8-21(27)20(12-17)26(28,29)30/h3-14,33H,1-2H3,(H,31,35). The van der Waals surface area contributed by atoms with Gasteiger partial charge < -0.3 is 19.9 Å². The number of H-pyrrole nitrogens is 1. The maximum Gasteiger partial charge on any atom is 0.417 e. The summed E-state index contributed by atoms with van der Waals surface area (Å²) in [6.45, 7) is 0. The smallest absolute Gasteiger partial charge is 0.417 e. The maximum atomic E-state index is 13.2. The molecule has 2 aromatic heterocycles. The Bertz CT molecular complexity index is 1450. The number of carbonyl (C=O) groups is 2. The number of carbonyl (C=O) groups excluding carboxylic acids is 2. The quantitative estimate of drug-likeness (QED) is 0.313. The lowest BCUT2D eigenvalue weighted by Crippen LogP contribution is -2.26. The minimum absolute atomic E-state index is 0.0510. The van der Waals surface area contributed by atoms with Crippen molar-refractivity contribution in [1.82, 2.24) is 15.3 Å². The van der Waals surface area contributed by atoms with Gasteiger partial charge in [0.2, 0.25) is 0 Å². The van der Waals surface area contributed by atoms with E-state index in [1.165, 1.54) is 32.4 Å². The van der Waals surface area contributed by atoms with Crippen LogP contribution in [0.4, 0.5) is 18.9 Å². The van der Waals surface area contributed by atoms with Crippen LogP contribution in [0, 0.1) is 0 Å². The largest absolute Gasteiger partial charge is 0.457 e. The van der Waals surface area contributed by atoms with Crippen molar-refractivity contribution in [3.05, 3.63) is 95.0 Å². The topological polar surface area (TPSA) is 87.3 Å². The van der Waals surface area contributed by atoms with Gasteiger partial charge in [-0.3, -0.25) is 14.6 Å². The lowest BCUT2D eigenvalue weighted by Gasteiger charge is -2.19. The molecule has 0 saturated heterocycles. The highest BCUT2D eigenvalue weighted by molar-refractivity contribution is 6.31. The van der Waals surface area contributed by atoms with Gasteiger partial charge in [-0.05, 0) is 53.6 Å². The van der Waals surface area contributed by atoms with Crippen LogP contribution in [-0.4, -0.2) is 35.9 Å². The fourth-order valence-electron chi connectivity index (χ4n) is 3.50. The van der Waals surface area contributed by atoms with Gasteiger partial charge in [-0.1, -0.05) is 23.7 Å². The van der Waals surface area contributed by atoms with Crippen molar-refractivity contribution >= 4 is 29.1 Å². The number of amides is 2. The van der Waals surface area contributed by atoms with Crippen molar-refractivity contribution in [2.45, 2.75) is 6.18 Å². The van der Waals surface area contributed by atoms with Crippen LogP contribution in [0.2, 0.25) is 5.02 Å². The number of aromatic nitrogens is 2. The molecule has 0 saturated carbocycles. The number of hydrogen-bond acceptors (Lipinski definition) is 4. The number of hydrogen-bond donors (Lipinski definition) is 2. The van der Waals surface area contributed by atoms with E-state index in [0.717, 1.165) is 22.6 Å². The second-order valence-corrected chi connectivity index (χ2v) is 8.32. The molecule has 2 aromatic carbocycles. The Balaban J connectivity index is 1.48. The van der Waals surface area contributed by atoms with Crippen LogP contribution in [0.25, 0.3) is 11.1 Å². The third kappa shape index (κ3) is 5.75. The van der Waals surface area contributed by atoms with E-state index in [0.29, 0.717) is 17.1 Å². The molecule has 0 aliphatic rings. The molecular weight excluding hydrogens is 509 g/mol. The molecule has 0 radical (unpaired) electrons. The molecule has 0 aliphatic heterocycles. The zero-order chi connectivity index (χ0) is 26.7. The number of halogens is 4. The number of alkyl halides is 3. The first-order chi connectivity index (χ1) is 17.6. The Morgan fingerprint density at radius 3 is 2.41 bits per heavy atom. The highest BCUT2D eigenvalue weighted by Crippen LogP contribution is 2.37. The first kappa shape index (κ1) is 25.8. The molecule has 0 bridgehead atoms. The molecule has 2 heterocycles. The number of nitrogens with one attached hydrogen (secondary N) is 2. The van der Waals surface area contributed by atoms with E-state index < -0.39 is 22.7 Å². The molecule has 0 unspecified atom stereocenters. The Kier molecular flexibility index (Phi) is 7.21. The summed E-state index contributed by atoms with van der Waals surface area (Å²) < 4.78 is 45.4. The second-order valence-electron chi connectivity index (χ2n) is 7.91. The van der Waals surface area contributed by atoms with Crippen molar-refractivity contribution in [2.75, 3.05) is 19.0 Å². The monoisotopic (exact) mass is 528 g/mol. The molecule has 190 valence electrons. The van der Waals surface area contributed by atoms with Gasteiger partial charge in [0.25, 0.3) is 11.8 Å². The van der Waals surface area contributed by atoms with Crippen LogP contribution in [0.5, 0.6) is 11.5 Å². The lowest BCUT2D eigenvalue weighted by atomic mass is 10.1. The molecule has 37 heavy (non-hydrogen) atoms. The van der Waals surface area contributed by atoms with E-state index in [1.807, 2.05) is 0 Å². The van der Waals surface area contributed by atoms with Gasteiger partial charge in [-0.25, -0.2) is 0 Å². The summed E-state index contributed by atoms with van der Waals surface area (Å²) in [4.78, 5) is 32.6. The van der Waals surface area contributed by atoms with E-state index >= 15 is 0 Å². The third-order valence-electron chi connectivity index (χ3n) is 5.48. The zero-order valence-electron chi connectivity index (χ0n) is 19.6. The maximum absolute atomic E-state index is 13.2. The molecular formula is C26H20ClF3N4O3. The Labute approximate surface area is 214 Å². The number of rotatable bonds is 6. The summed E-state index contributed by atoms with van der Waals surface area (Å²) in [7, 11) is 2.89. The van der Waals surface area contributed by atoms with Gasteiger partial charge in [-0.15, -0.1) is 0 Å². The molecule has 7 nitrogen and oxygen atoms in total. The molecule has 0 atom stereocenters. The fraction of sp³-hybridized carbons (Fsp3) is 0.115. The summed E-state index contributed by atoms with van der Waals surface area (Å²) in [5.41, 5.74) is 0.921. The van der Waals surface area contributed by atoms with Gasteiger partial charge in [0.1, 0.15) is 22.9 Å². The highest BCUT2D eigenvalue weighted by Gasteiger charge is 2.34. The second kappa shape index (κ2) is 10.4. The lowest BCUT2D eigenvalue weighted by molar-refractivity contribution is -0.137. The number of benzene rings is 2. The van der Waals surface area contributed by atoms with Crippen LogP contribution < -0.4 is 15.0 Å². The molecule has 0 aliphatic carbocycles. The molecule has 4 rings (SSSR count). The minimum Gasteiger partial charge on any atom is -0.457 e. The van der Waals surface area contributed by atoms with Crippen molar-refractivity contribution in [1.29, 1.82) is 0 Å². The molecule has 11 heteroatoms. The third-order valence-corrected chi connectivity index (χ3v) is 5.80. The van der Waals surface area contributed by atoms with Crippen molar-refractivity contribution in [3.63, 3.8) is 0 Å². The molecule has 0 spiro atoms. The fourth-order valence-corrected chi connectivity index (χ4v) is 3.72. The molecule has 2 N–H and O–H groups in total. The van der Waals surface area contributed by atoms with Gasteiger partial charge >= 0.3 is 6.18 Å². The number of anilines is 1. The van der Waals surface area contributed by atoms with Gasteiger partial charge in [0, 0.05) is 38.2 Å². The number of nitrogens with zero attached hydrogens (tertiary/aromatic N) is 2. The first-order valence-electron chi connectivity index (χ1n) is 10.9. The average Bonchev–Trinajstić information content (AvgIpc) is 3.38. The summed E-state index contributed by atoms with van der Waals surface area (Å²) in [6.07, 6.45) is -1.55. The van der Waals surface area contributed by atoms with E-state index in [-0.39, 0.29) is 23.0 Å². The van der Waals surface area contributed by atoms with E-state index in [1.54, 1.807) is 42.6 Å². The number of aromatic amines is 1. The van der Waals surface area contributed by atoms with Gasteiger partial charge in [-0.2, -0.15) is 13.2 Å². The van der Waals surface area contributed by atoms with E-state index in [4.69, 9.17) is 16.3 Å². The minimum atomic E-state index is -4.64. The highest BCUT2D eigenvalue weighted by atomic mass is 35.5. The zero-order valence-corrected chi connectivity index (χ0v) is 20.3. The van der Waals surface area contributed by atoms with Crippen molar-refractivity contribution < 1.29 is 27.5 Å². The summed E-state index contributed by atoms with van der Waals surface area (Å²) in [5.74, 6) is 0.106. The van der Waals surface area contributed by atoms with Crippen LogP contribution in [0.1, 0.15) is 26.5 Å². The van der Waals surface area contributed by atoms with E-state index in [9.17, 15) is 22.8 Å². The molecule has 4 aromatic rings. The van der Waals surface area contributed by atoms with E-state index in [2.05, 4.69) is 15.3 Å². The normalized spacial score (nSPS) is 11.2. The van der Waals surface area contributed by atoms with Crippen LogP contribution in [0.3, 0.4) is 0 Å². The summed E-state index contributed by atoms with van der Waals surface area (Å²) >= 11 is 5.68. The van der Waals surface area contributed by atoms with Crippen molar-refractivity contribution in [3.8, 4) is 22.6 Å². The molecule has 2 amide bonds. The summed E-state index contributed by atoms with van der Waals surface area (Å²) in [6, 6.07) is 15.1. The predicted octanol–water partition coefficient (Wildman–Crippen LogP) is 6.18. The molecule has 0 fully saturated rings. The van der Waals surface area contributed by atoms with Gasteiger partial charge in [0.05, 0.1) is 10.6 Å².